The van der Waals surface area contributed by atoms with E-state index in [9.17, 15) is 4.79 Å². The Morgan fingerprint density at radius 2 is 2.25 bits per heavy atom. The third-order valence-electron chi connectivity index (χ3n) is 4.94. The molecule has 1 saturated heterocycles. The first-order valence-electron chi connectivity index (χ1n) is 8.89. The highest BCUT2D eigenvalue weighted by molar-refractivity contribution is 5.74. The number of nitrogens with zero attached hydrogens (tertiary/aromatic N) is 4. The van der Waals surface area contributed by atoms with Gasteiger partial charge in [0.25, 0.3) is 0 Å². The van der Waals surface area contributed by atoms with E-state index in [-0.39, 0.29) is 6.03 Å². The van der Waals surface area contributed by atoms with Crippen LogP contribution in [0.15, 0.2) is 30.1 Å². The number of likely N-dealkylation sites (tertiary alicyclic amines) is 1. The van der Waals surface area contributed by atoms with Crippen molar-refractivity contribution >= 4 is 6.03 Å². The van der Waals surface area contributed by atoms with Crippen molar-refractivity contribution in [3.05, 3.63) is 35.9 Å². The predicted molar refractivity (Wildman–Crippen MR) is 93.4 cm³/mol. The summed E-state index contributed by atoms with van der Waals surface area (Å²) in [6.07, 6.45) is 11.5. The van der Waals surface area contributed by atoms with E-state index in [1.54, 1.807) is 12.4 Å². The SMILES string of the molecule is CN(Cc1ncccn1)[C@@H]1CCN(C(=O)NCCC2=CCCC2)C1. The number of hydrogen-bond acceptors (Lipinski definition) is 4. The van der Waals surface area contributed by atoms with Gasteiger partial charge in [-0.3, -0.25) is 4.90 Å². The van der Waals surface area contributed by atoms with E-state index in [0.717, 1.165) is 44.8 Å². The van der Waals surface area contributed by atoms with Crippen LogP contribution in [0.3, 0.4) is 0 Å². The average Bonchev–Trinajstić information content (AvgIpc) is 3.27. The summed E-state index contributed by atoms with van der Waals surface area (Å²) in [4.78, 5) is 25.0. The van der Waals surface area contributed by atoms with Crippen molar-refractivity contribution in [1.29, 1.82) is 0 Å². The van der Waals surface area contributed by atoms with Crippen LogP contribution in [0.1, 0.15) is 37.9 Å². The van der Waals surface area contributed by atoms with Gasteiger partial charge in [0.05, 0.1) is 6.54 Å². The second kappa shape index (κ2) is 8.24. The minimum atomic E-state index is 0.0699. The van der Waals surface area contributed by atoms with Crippen molar-refractivity contribution in [2.24, 2.45) is 0 Å². The van der Waals surface area contributed by atoms with Gasteiger partial charge in [-0.15, -0.1) is 0 Å². The summed E-state index contributed by atoms with van der Waals surface area (Å²) in [6.45, 7) is 3.06. The van der Waals surface area contributed by atoms with Crippen LogP contribution in [0.4, 0.5) is 4.79 Å². The normalized spacial score (nSPS) is 20.5. The molecule has 1 atom stereocenters. The molecule has 6 heteroatoms. The predicted octanol–water partition coefficient (Wildman–Crippen LogP) is 2.19. The van der Waals surface area contributed by atoms with Gasteiger partial charge in [0.15, 0.2) is 0 Å². The highest BCUT2D eigenvalue weighted by Crippen LogP contribution is 2.20. The number of likely N-dealkylation sites (N-methyl/N-ethyl adjacent to an activating group) is 1. The van der Waals surface area contributed by atoms with Gasteiger partial charge in [-0.2, -0.15) is 0 Å². The van der Waals surface area contributed by atoms with E-state index in [0.29, 0.717) is 6.04 Å². The van der Waals surface area contributed by atoms with Crippen molar-refractivity contribution in [2.75, 3.05) is 26.7 Å². The number of carbonyl (C=O) groups excluding carboxylic acids is 1. The highest BCUT2D eigenvalue weighted by atomic mass is 16.2. The topological polar surface area (TPSA) is 61.4 Å². The average molecular weight is 329 g/mol. The monoisotopic (exact) mass is 329 g/mol. The molecule has 3 rings (SSSR count). The van der Waals surface area contributed by atoms with Crippen LogP contribution in [0.2, 0.25) is 0 Å². The summed E-state index contributed by atoms with van der Waals surface area (Å²) in [7, 11) is 2.08. The fourth-order valence-corrected chi connectivity index (χ4v) is 3.46. The molecule has 1 aromatic heterocycles. The van der Waals surface area contributed by atoms with E-state index in [1.165, 1.54) is 24.8 Å². The molecule has 0 aromatic carbocycles. The Balaban J connectivity index is 1.40. The molecule has 2 heterocycles. The van der Waals surface area contributed by atoms with Crippen molar-refractivity contribution in [2.45, 2.75) is 44.7 Å². The summed E-state index contributed by atoms with van der Waals surface area (Å²) in [5.74, 6) is 0.827. The number of urea groups is 1. The molecule has 0 unspecified atom stereocenters. The van der Waals surface area contributed by atoms with Crippen molar-refractivity contribution in [1.82, 2.24) is 25.1 Å². The van der Waals surface area contributed by atoms with Crippen LogP contribution in [0.25, 0.3) is 0 Å². The second-order valence-electron chi connectivity index (χ2n) is 6.71. The Morgan fingerprint density at radius 3 is 3.00 bits per heavy atom. The Bertz CT molecular complexity index is 574. The standard InChI is InChI=1S/C18H27N5O/c1-22(14-17-19-9-4-10-20-17)16-8-12-23(13-16)18(24)21-11-7-15-5-2-3-6-15/h4-5,9-10,16H,2-3,6-8,11-14H2,1H3,(H,21,24)/t16-/m1/s1. The van der Waals surface area contributed by atoms with Crippen molar-refractivity contribution < 1.29 is 4.79 Å². The molecule has 0 spiro atoms. The number of allylic oxidation sites excluding steroid dienone is 1. The zero-order valence-electron chi connectivity index (χ0n) is 14.4. The third-order valence-corrected chi connectivity index (χ3v) is 4.94. The van der Waals surface area contributed by atoms with Gasteiger partial charge in [0.1, 0.15) is 5.82 Å². The van der Waals surface area contributed by atoms with Gasteiger partial charge in [0, 0.05) is 38.1 Å². The molecule has 1 aliphatic heterocycles. The second-order valence-corrected chi connectivity index (χ2v) is 6.71. The van der Waals surface area contributed by atoms with Crippen LogP contribution >= 0.6 is 0 Å². The smallest absolute Gasteiger partial charge is 0.317 e. The van der Waals surface area contributed by atoms with Crippen LogP contribution in [0.5, 0.6) is 0 Å². The van der Waals surface area contributed by atoms with Gasteiger partial charge in [0.2, 0.25) is 0 Å². The van der Waals surface area contributed by atoms with E-state index in [2.05, 4.69) is 33.3 Å². The minimum Gasteiger partial charge on any atom is -0.338 e. The lowest BCUT2D eigenvalue weighted by Crippen LogP contribution is -2.41. The lowest BCUT2D eigenvalue weighted by Gasteiger charge is -2.24. The quantitative estimate of drug-likeness (QED) is 0.813. The van der Waals surface area contributed by atoms with Gasteiger partial charge in [-0.05, 0) is 45.2 Å². The summed E-state index contributed by atoms with van der Waals surface area (Å²) < 4.78 is 0. The molecule has 6 nitrogen and oxygen atoms in total. The summed E-state index contributed by atoms with van der Waals surface area (Å²) in [5, 5.41) is 3.06. The first-order valence-corrected chi connectivity index (χ1v) is 8.89. The Labute approximate surface area is 144 Å². The number of aromatic nitrogens is 2. The third kappa shape index (κ3) is 4.54. The van der Waals surface area contributed by atoms with E-state index >= 15 is 0 Å². The lowest BCUT2D eigenvalue weighted by molar-refractivity contribution is 0.196. The van der Waals surface area contributed by atoms with Crippen molar-refractivity contribution in [3.8, 4) is 0 Å². The molecule has 2 amide bonds. The first-order chi connectivity index (χ1) is 11.7. The molecule has 1 aromatic rings. The van der Waals surface area contributed by atoms with E-state index in [4.69, 9.17) is 0 Å². The molecule has 24 heavy (non-hydrogen) atoms. The Kier molecular flexibility index (Phi) is 5.80. The molecular weight excluding hydrogens is 302 g/mol. The molecule has 1 aliphatic carbocycles. The van der Waals surface area contributed by atoms with Gasteiger partial charge < -0.3 is 10.2 Å². The molecule has 1 fully saturated rings. The largest absolute Gasteiger partial charge is 0.338 e. The number of rotatable bonds is 6. The zero-order valence-corrected chi connectivity index (χ0v) is 14.4. The van der Waals surface area contributed by atoms with Crippen LogP contribution in [-0.2, 0) is 6.54 Å². The number of hydrogen-bond donors (Lipinski definition) is 1. The molecule has 0 saturated carbocycles. The van der Waals surface area contributed by atoms with E-state index in [1.807, 2.05) is 11.0 Å². The number of nitrogens with one attached hydrogen (secondary N) is 1. The van der Waals surface area contributed by atoms with Crippen molar-refractivity contribution in [3.63, 3.8) is 0 Å². The molecule has 1 N–H and O–H groups in total. The summed E-state index contributed by atoms with van der Waals surface area (Å²) in [5.41, 5.74) is 1.50. The number of amides is 2. The van der Waals surface area contributed by atoms with E-state index < -0.39 is 0 Å². The molecule has 130 valence electrons. The van der Waals surface area contributed by atoms with Gasteiger partial charge in [-0.25, -0.2) is 14.8 Å². The maximum absolute atomic E-state index is 12.3. The Hall–Kier alpha value is -1.95. The highest BCUT2D eigenvalue weighted by Gasteiger charge is 2.29. The number of carbonyl (C=O) groups is 1. The molecular formula is C18H27N5O. The maximum atomic E-state index is 12.3. The van der Waals surface area contributed by atoms with Crippen LogP contribution in [-0.4, -0.2) is 58.5 Å². The van der Waals surface area contributed by atoms with Gasteiger partial charge in [-0.1, -0.05) is 11.6 Å². The minimum absolute atomic E-state index is 0.0699. The lowest BCUT2D eigenvalue weighted by atomic mass is 10.2. The zero-order chi connectivity index (χ0) is 16.8. The van der Waals surface area contributed by atoms with Crippen LogP contribution in [0, 0.1) is 0 Å². The fourth-order valence-electron chi connectivity index (χ4n) is 3.46. The Morgan fingerprint density at radius 1 is 1.42 bits per heavy atom. The van der Waals surface area contributed by atoms with Gasteiger partial charge >= 0.3 is 6.03 Å². The molecule has 2 aliphatic rings. The molecule has 0 bridgehead atoms. The maximum Gasteiger partial charge on any atom is 0.317 e. The summed E-state index contributed by atoms with van der Waals surface area (Å²) in [6, 6.07) is 2.27. The summed E-state index contributed by atoms with van der Waals surface area (Å²) >= 11 is 0. The molecule has 0 radical (unpaired) electrons. The first kappa shape index (κ1) is 16.9. The van der Waals surface area contributed by atoms with Crippen LogP contribution < -0.4 is 5.32 Å². The fraction of sp³-hybridized carbons (Fsp3) is 0.611.